The van der Waals surface area contributed by atoms with Crippen LogP contribution in [0.4, 0.5) is 5.95 Å². The molecule has 1 amide bonds. The van der Waals surface area contributed by atoms with Gasteiger partial charge in [0.05, 0.1) is 4.90 Å². The first kappa shape index (κ1) is 22.2. The molecule has 1 aliphatic rings. The molecule has 0 aliphatic carbocycles. The predicted molar refractivity (Wildman–Crippen MR) is 123 cm³/mol. The number of aromatic nitrogens is 3. The standard InChI is InChI=1S/C23H27N5O3S/c1-15-7-9-18(10-8-15)21-24-23(27-26-21)25-22(29)19-5-4-6-20(12-19)32(30,31)28-13-16(2)11-17(3)14-28/h4-10,12,16-17H,11,13-14H2,1-3H3,(H2,24,25,26,27,29)/t16-,17+. The van der Waals surface area contributed by atoms with E-state index in [-0.39, 0.29) is 16.4 Å². The fourth-order valence-electron chi connectivity index (χ4n) is 4.08. The average molecular weight is 454 g/mol. The normalized spacial score (nSPS) is 19.6. The number of nitrogens with zero attached hydrogens (tertiary/aromatic N) is 3. The zero-order valence-corrected chi connectivity index (χ0v) is 19.2. The van der Waals surface area contributed by atoms with Crippen molar-refractivity contribution in [2.24, 2.45) is 11.8 Å². The summed E-state index contributed by atoms with van der Waals surface area (Å²) >= 11 is 0. The van der Waals surface area contributed by atoms with Crippen molar-refractivity contribution in [3.05, 3.63) is 59.7 Å². The van der Waals surface area contributed by atoms with Crippen LogP contribution in [0.5, 0.6) is 0 Å². The number of anilines is 1. The molecule has 1 aromatic heterocycles. The van der Waals surface area contributed by atoms with Gasteiger partial charge in [-0.25, -0.2) is 8.42 Å². The lowest BCUT2D eigenvalue weighted by Gasteiger charge is -2.34. The van der Waals surface area contributed by atoms with Crippen LogP contribution in [0.15, 0.2) is 53.4 Å². The minimum Gasteiger partial charge on any atom is -0.289 e. The summed E-state index contributed by atoms with van der Waals surface area (Å²) in [7, 11) is -3.68. The Bertz CT molecular complexity index is 1210. The molecule has 32 heavy (non-hydrogen) atoms. The van der Waals surface area contributed by atoms with E-state index in [1.54, 1.807) is 12.1 Å². The van der Waals surface area contributed by atoms with E-state index in [1.165, 1.54) is 16.4 Å². The molecule has 3 aromatic rings. The number of H-pyrrole nitrogens is 1. The van der Waals surface area contributed by atoms with Crippen molar-refractivity contribution in [3.8, 4) is 11.4 Å². The lowest BCUT2D eigenvalue weighted by atomic mass is 9.94. The lowest BCUT2D eigenvalue weighted by molar-refractivity contribution is 0.102. The van der Waals surface area contributed by atoms with E-state index in [0.717, 1.165) is 17.5 Å². The van der Waals surface area contributed by atoms with Crippen LogP contribution in [-0.2, 0) is 10.0 Å². The van der Waals surface area contributed by atoms with E-state index in [2.05, 4.69) is 34.3 Å². The van der Waals surface area contributed by atoms with Crippen LogP contribution in [0.2, 0.25) is 0 Å². The maximum Gasteiger partial charge on any atom is 0.258 e. The summed E-state index contributed by atoms with van der Waals surface area (Å²) < 4.78 is 27.8. The molecule has 2 N–H and O–H groups in total. The van der Waals surface area contributed by atoms with Gasteiger partial charge in [0.15, 0.2) is 5.82 Å². The van der Waals surface area contributed by atoms with Crippen LogP contribution in [0.25, 0.3) is 11.4 Å². The molecular weight excluding hydrogens is 426 g/mol. The van der Waals surface area contributed by atoms with Gasteiger partial charge in [-0.3, -0.25) is 15.2 Å². The molecule has 0 unspecified atom stereocenters. The van der Waals surface area contributed by atoms with Crippen molar-refractivity contribution in [3.63, 3.8) is 0 Å². The summed E-state index contributed by atoms with van der Waals surface area (Å²) in [6, 6.07) is 13.8. The molecule has 0 spiro atoms. The fraction of sp³-hybridized carbons (Fsp3) is 0.348. The van der Waals surface area contributed by atoms with Gasteiger partial charge in [-0.15, -0.1) is 5.10 Å². The topological polar surface area (TPSA) is 108 Å². The molecule has 8 nitrogen and oxygen atoms in total. The Kier molecular flexibility index (Phi) is 6.12. The Balaban J connectivity index is 1.51. The van der Waals surface area contributed by atoms with E-state index < -0.39 is 15.9 Å². The van der Waals surface area contributed by atoms with Gasteiger partial charge >= 0.3 is 0 Å². The van der Waals surface area contributed by atoms with E-state index in [0.29, 0.717) is 30.7 Å². The highest BCUT2D eigenvalue weighted by atomic mass is 32.2. The van der Waals surface area contributed by atoms with Gasteiger partial charge < -0.3 is 0 Å². The fourth-order valence-corrected chi connectivity index (χ4v) is 5.81. The van der Waals surface area contributed by atoms with E-state index in [4.69, 9.17) is 0 Å². The molecule has 0 saturated carbocycles. The van der Waals surface area contributed by atoms with Crippen LogP contribution in [0.1, 0.15) is 36.2 Å². The number of amides is 1. The van der Waals surface area contributed by atoms with Gasteiger partial charge in [0.2, 0.25) is 16.0 Å². The summed E-state index contributed by atoms with van der Waals surface area (Å²) in [5, 5.41) is 9.49. The first-order chi connectivity index (χ1) is 15.2. The summed E-state index contributed by atoms with van der Waals surface area (Å²) in [5.41, 5.74) is 2.21. The van der Waals surface area contributed by atoms with Crippen molar-refractivity contribution in [2.75, 3.05) is 18.4 Å². The maximum absolute atomic E-state index is 13.2. The van der Waals surface area contributed by atoms with Gasteiger partial charge in [-0.1, -0.05) is 49.7 Å². The largest absolute Gasteiger partial charge is 0.289 e. The first-order valence-electron chi connectivity index (χ1n) is 10.6. The minimum absolute atomic E-state index is 0.113. The minimum atomic E-state index is -3.68. The number of hydrogen-bond donors (Lipinski definition) is 2. The molecule has 1 aliphatic heterocycles. The Morgan fingerprint density at radius 2 is 1.78 bits per heavy atom. The van der Waals surface area contributed by atoms with Crippen molar-refractivity contribution < 1.29 is 13.2 Å². The van der Waals surface area contributed by atoms with Crippen LogP contribution in [0, 0.1) is 18.8 Å². The summed E-state index contributed by atoms with van der Waals surface area (Å²) in [6.45, 7) is 7.09. The molecule has 1 saturated heterocycles. The summed E-state index contributed by atoms with van der Waals surface area (Å²) in [6.07, 6.45) is 1.01. The molecule has 4 rings (SSSR count). The van der Waals surface area contributed by atoms with Gasteiger partial charge in [0, 0.05) is 24.2 Å². The monoisotopic (exact) mass is 453 g/mol. The number of nitrogens with one attached hydrogen (secondary N) is 2. The van der Waals surface area contributed by atoms with E-state index in [1.807, 2.05) is 31.2 Å². The van der Waals surface area contributed by atoms with Crippen molar-refractivity contribution in [1.29, 1.82) is 0 Å². The highest BCUT2D eigenvalue weighted by Crippen LogP contribution is 2.27. The number of carbonyl (C=O) groups is 1. The number of aryl methyl sites for hydroxylation is 1. The lowest BCUT2D eigenvalue weighted by Crippen LogP contribution is -2.42. The maximum atomic E-state index is 13.2. The quantitative estimate of drug-likeness (QED) is 0.612. The van der Waals surface area contributed by atoms with Crippen molar-refractivity contribution >= 4 is 21.9 Å². The highest BCUT2D eigenvalue weighted by molar-refractivity contribution is 7.89. The SMILES string of the molecule is Cc1ccc(-c2nc(NC(=O)c3cccc(S(=O)(=O)N4C[C@H](C)C[C@H](C)C4)c3)n[nH]2)cc1. The highest BCUT2D eigenvalue weighted by Gasteiger charge is 2.32. The number of rotatable bonds is 5. The third-order valence-corrected chi connectivity index (χ3v) is 7.43. The zero-order chi connectivity index (χ0) is 22.9. The molecule has 1 fully saturated rings. The average Bonchev–Trinajstić information content (AvgIpc) is 3.22. The molecule has 0 bridgehead atoms. The number of hydrogen-bond acceptors (Lipinski definition) is 5. The number of carbonyl (C=O) groups excluding carboxylic acids is 1. The predicted octanol–water partition coefficient (Wildman–Crippen LogP) is 3.70. The zero-order valence-electron chi connectivity index (χ0n) is 18.4. The summed E-state index contributed by atoms with van der Waals surface area (Å²) in [5.74, 6) is 0.779. The molecule has 2 atom stereocenters. The van der Waals surface area contributed by atoms with Gasteiger partial charge in [0.25, 0.3) is 5.91 Å². The molecule has 2 heterocycles. The second kappa shape index (κ2) is 8.84. The molecule has 0 radical (unpaired) electrons. The van der Waals surface area contributed by atoms with Crippen LogP contribution in [-0.4, -0.2) is 46.9 Å². The number of piperidine rings is 1. The molecule has 9 heteroatoms. The Labute approximate surface area is 188 Å². The third-order valence-electron chi connectivity index (χ3n) is 5.61. The molecular formula is C23H27N5O3S. The van der Waals surface area contributed by atoms with Gasteiger partial charge in [0.1, 0.15) is 0 Å². The van der Waals surface area contributed by atoms with Gasteiger partial charge in [-0.2, -0.15) is 9.29 Å². The second-order valence-corrected chi connectivity index (χ2v) is 10.6. The van der Waals surface area contributed by atoms with E-state index in [9.17, 15) is 13.2 Å². The number of aromatic amines is 1. The number of benzene rings is 2. The Morgan fingerprint density at radius 3 is 2.47 bits per heavy atom. The third kappa shape index (κ3) is 4.73. The number of sulfonamides is 1. The molecule has 168 valence electrons. The molecule has 2 aromatic carbocycles. The van der Waals surface area contributed by atoms with E-state index >= 15 is 0 Å². The van der Waals surface area contributed by atoms with Crippen molar-refractivity contribution in [1.82, 2.24) is 19.5 Å². The summed E-state index contributed by atoms with van der Waals surface area (Å²) in [4.78, 5) is 17.2. The second-order valence-electron chi connectivity index (χ2n) is 8.62. The van der Waals surface area contributed by atoms with Gasteiger partial charge in [-0.05, 0) is 43.4 Å². The van der Waals surface area contributed by atoms with Crippen LogP contribution in [0.3, 0.4) is 0 Å². The Hall–Kier alpha value is -3.04. The van der Waals surface area contributed by atoms with Crippen LogP contribution < -0.4 is 5.32 Å². The first-order valence-corrected chi connectivity index (χ1v) is 12.1. The smallest absolute Gasteiger partial charge is 0.258 e. The Morgan fingerprint density at radius 1 is 1.09 bits per heavy atom. The van der Waals surface area contributed by atoms with Crippen LogP contribution >= 0.6 is 0 Å². The van der Waals surface area contributed by atoms with Crippen molar-refractivity contribution in [2.45, 2.75) is 32.1 Å².